The van der Waals surface area contributed by atoms with Crippen LogP contribution in [0.1, 0.15) is 11.1 Å². The molecule has 1 aromatic rings. The predicted molar refractivity (Wildman–Crippen MR) is 53.1 cm³/mol. The maximum atomic E-state index is 10.8. The summed E-state index contributed by atoms with van der Waals surface area (Å²) >= 11 is 0. The number of likely N-dealkylation sites (N-methyl/N-ethyl adjacent to an activating group) is 1. The third-order valence-electron chi connectivity index (χ3n) is 2.64. The van der Waals surface area contributed by atoms with Crippen LogP contribution in [0.5, 0.6) is 0 Å². The lowest BCUT2D eigenvalue weighted by atomic mass is 9.98. The Kier molecular flexibility index (Phi) is 2.21. The minimum absolute atomic E-state index is 0.258. The van der Waals surface area contributed by atoms with Crippen molar-refractivity contribution in [2.24, 2.45) is 0 Å². The smallest absolute Gasteiger partial charge is 0.274 e. The fourth-order valence-electron chi connectivity index (χ4n) is 1.87. The number of nitro benzene ring substituents is 1. The Morgan fingerprint density at radius 3 is 3.00 bits per heavy atom. The van der Waals surface area contributed by atoms with Crippen molar-refractivity contribution in [3.8, 4) is 0 Å². The fraction of sp³-hybridized carbons (Fsp3) is 0.400. The van der Waals surface area contributed by atoms with E-state index >= 15 is 0 Å². The second-order valence-electron chi connectivity index (χ2n) is 3.66. The van der Waals surface area contributed by atoms with E-state index in [-0.39, 0.29) is 10.6 Å². The Hall–Kier alpha value is -1.42. The van der Waals surface area contributed by atoms with Crippen LogP contribution >= 0.6 is 0 Å². The molecule has 1 aliphatic rings. The van der Waals surface area contributed by atoms with Gasteiger partial charge in [0.15, 0.2) is 0 Å². The van der Waals surface area contributed by atoms with Crippen LogP contribution in [0.25, 0.3) is 0 Å². The van der Waals surface area contributed by atoms with Crippen molar-refractivity contribution in [3.63, 3.8) is 0 Å². The van der Waals surface area contributed by atoms with Crippen LogP contribution in [0.2, 0.25) is 0 Å². The van der Waals surface area contributed by atoms with E-state index in [2.05, 4.69) is 4.90 Å². The molecule has 0 bridgehead atoms. The number of nitrogens with zero attached hydrogens (tertiary/aromatic N) is 2. The maximum absolute atomic E-state index is 10.8. The topological polar surface area (TPSA) is 46.4 Å². The average molecular weight is 192 g/mol. The molecule has 0 unspecified atom stereocenters. The second-order valence-corrected chi connectivity index (χ2v) is 3.66. The van der Waals surface area contributed by atoms with Gasteiger partial charge in [-0.3, -0.25) is 10.1 Å². The van der Waals surface area contributed by atoms with Gasteiger partial charge in [-0.2, -0.15) is 0 Å². The highest BCUT2D eigenvalue weighted by Gasteiger charge is 2.21. The Bertz CT molecular complexity index is 376. The van der Waals surface area contributed by atoms with Gasteiger partial charge in [-0.25, -0.2) is 0 Å². The van der Waals surface area contributed by atoms with Crippen molar-refractivity contribution < 1.29 is 4.92 Å². The second kappa shape index (κ2) is 3.38. The molecule has 1 aliphatic heterocycles. The summed E-state index contributed by atoms with van der Waals surface area (Å²) in [6, 6.07) is 5.33. The summed E-state index contributed by atoms with van der Waals surface area (Å²) in [6.45, 7) is 1.67. The summed E-state index contributed by atoms with van der Waals surface area (Å²) in [5.74, 6) is 0. The van der Waals surface area contributed by atoms with E-state index in [0.29, 0.717) is 6.54 Å². The summed E-state index contributed by atoms with van der Waals surface area (Å²) in [6.07, 6.45) is 0.910. The van der Waals surface area contributed by atoms with Crippen molar-refractivity contribution in [2.45, 2.75) is 13.0 Å². The molecule has 14 heavy (non-hydrogen) atoms. The largest absolute Gasteiger partial charge is 0.302 e. The zero-order valence-corrected chi connectivity index (χ0v) is 8.06. The molecular formula is C10H12N2O2. The van der Waals surface area contributed by atoms with E-state index in [4.69, 9.17) is 0 Å². The lowest BCUT2D eigenvalue weighted by Gasteiger charge is -2.24. The van der Waals surface area contributed by atoms with Gasteiger partial charge in [0.05, 0.1) is 4.92 Å². The van der Waals surface area contributed by atoms with Gasteiger partial charge in [0.25, 0.3) is 5.69 Å². The van der Waals surface area contributed by atoms with E-state index < -0.39 is 0 Å². The van der Waals surface area contributed by atoms with Crippen LogP contribution in [-0.2, 0) is 13.0 Å². The van der Waals surface area contributed by atoms with Gasteiger partial charge in [0.2, 0.25) is 0 Å². The standard InChI is InChI=1S/C10H12N2O2/c1-11-6-5-8-3-2-4-10(12(13)14)9(8)7-11/h2-4H,5-7H2,1H3. The highest BCUT2D eigenvalue weighted by Crippen LogP contribution is 2.26. The Morgan fingerprint density at radius 1 is 1.50 bits per heavy atom. The molecule has 0 N–H and O–H groups in total. The lowest BCUT2D eigenvalue weighted by Crippen LogP contribution is -2.27. The third kappa shape index (κ3) is 1.48. The van der Waals surface area contributed by atoms with Gasteiger partial charge in [-0.05, 0) is 19.0 Å². The Morgan fingerprint density at radius 2 is 2.29 bits per heavy atom. The lowest BCUT2D eigenvalue weighted by molar-refractivity contribution is -0.385. The summed E-state index contributed by atoms with van der Waals surface area (Å²) in [5, 5.41) is 10.8. The summed E-state index contributed by atoms with van der Waals surface area (Å²) in [4.78, 5) is 12.6. The third-order valence-corrected chi connectivity index (χ3v) is 2.64. The van der Waals surface area contributed by atoms with Gasteiger partial charge < -0.3 is 4.90 Å². The van der Waals surface area contributed by atoms with E-state index in [0.717, 1.165) is 24.1 Å². The molecule has 74 valence electrons. The molecule has 1 aromatic carbocycles. The molecular weight excluding hydrogens is 180 g/mol. The van der Waals surface area contributed by atoms with Crippen LogP contribution in [-0.4, -0.2) is 23.4 Å². The number of hydrogen-bond donors (Lipinski definition) is 0. The van der Waals surface area contributed by atoms with Gasteiger partial charge in [-0.1, -0.05) is 12.1 Å². The van der Waals surface area contributed by atoms with Crippen LogP contribution in [0.3, 0.4) is 0 Å². The van der Waals surface area contributed by atoms with E-state index in [1.807, 2.05) is 13.1 Å². The van der Waals surface area contributed by atoms with Crippen molar-refractivity contribution >= 4 is 5.69 Å². The number of nitro groups is 1. The number of rotatable bonds is 1. The van der Waals surface area contributed by atoms with Gasteiger partial charge in [0, 0.05) is 24.7 Å². The maximum Gasteiger partial charge on any atom is 0.274 e. The average Bonchev–Trinajstić information content (AvgIpc) is 2.16. The number of fused-ring (bicyclic) bond motifs is 1. The quantitative estimate of drug-likeness (QED) is 0.501. The summed E-state index contributed by atoms with van der Waals surface area (Å²) < 4.78 is 0. The molecule has 0 atom stereocenters. The highest BCUT2D eigenvalue weighted by molar-refractivity contribution is 5.46. The first kappa shape index (κ1) is 9.15. The number of hydrogen-bond acceptors (Lipinski definition) is 3. The summed E-state index contributed by atoms with van der Waals surface area (Å²) in [5.41, 5.74) is 2.26. The monoisotopic (exact) mass is 192 g/mol. The SMILES string of the molecule is CN1CCc2cccc([N+](=O)[O-])c2C1. The predicted octanol–water partition coefficient (Wildman–Crippen LogP) is 1.58. The zero-order chi connectivity index (χ0) is 10.1. The minimum Gasteiger partial charge on any atom is -0.302 e. The molecule has 4 heteroatoms. The van der Waals surface area contributed by atoms with Crippen molar-refractivity contribution in [3.05, 3.63) is 39.4 Å². The van der Waals surface area contributed by atoms with Gasteiger partial charge in [-0.15, -0.1) is 0 Å². The molecule has 0 fully saturated rings. The zero-order valence-electron chi connectivity index (χ0n) is 8.06. The molecule has 4 nitrogen and oxygen atoms in total. The fourth-order valence-corrected chi connectivity index (χ4v) is 1.87. The molecule has 0 radical (unpaired) electrons. The van der Waals surface area contributed by atoms with E-state index in [1.54, 1.807) is 12.1 Å². The normalized spacial score (nSPS) is 16.4. The summed E-state index contributed by atoms with van der Waals surface area (Å²) in [7, 11) is 1.99. The first-order valence-electron chi connectivity index (χ1n) is 4.62. The molecule has 0 amide bonds. The molecule has 2 rings (SSSR count). The molecule has 0 aromatic heterocycles. The van der Waals surface area contributed by atoms with Crippen molar-refractivity contribution in [2.75, 3.05) is 13.6 Å². The number of benzene rings is 1. The van der Waals surface area contributed by atoms with Crippen LogP contribution in [0.4, 0.5) is 5.69 Å². The van der Waals surface area contributed by atoms with Crippen LogP contribution in [0, 0.1) is 10.1 Å². The molecule has 0 aliphatic carbocycles. The minimum atomic E-state index is -0.294. The molecule has 0 spiro atoms. The molecule has 0 saturated carbocycles. The Balaban J connectivity index is 2.48. The molecule has 1 heterocycles. The van der Waals surface area contributed by atoms with Crippen LogP contribution < -0.4 is 0 Å². The highest BCUT2D eigenvalue weighted by atomic mass is 16.6. The Labute approximate surface area is 82.3 Å². The van der Waals surface area contributed by atoms with Crippen molar-refractivity contribution in [1.29, 1.82) is 0 Å². The van der Waals surface area contributed by atoms with E-state index in [9.17, 15) is 10.1 Å². The first-order chi connectivity index (χ1) is 6.68. The van der Waals surface area contributed by atoms with Crippen LogP contribution in [0.15, 0.2) is 18.2 Å². The van der Waals surface area contributed by atoms with Gasteiger partial charge >= 0.3 is 0 Å². The van der Waals surface area contributed by atoms with Crippen molar-refractivity contribution in [1.82, 2.24) is 4.90 Å². The first-order valence-corrected chi connectivity index (χ1v) is 4.62. The van der Waals surface area contributed by atoms with E-state index in [1.165, 1.54) is 0 Å². The van der Waals surface area contributed by atoms with Gasteiger partial charge in [0.1, 0.15) is 0 Å². The molecule has 0 saturated heterocycles.